The molecular formula is C15H13ClO6S2. The lowest BCUT2D eigenvalue weighted by atomic mass is 10.4. The number of sulfone groups is 2. The second-order valence-corrected chi connectivity index (χ2v) is 8.97. The highest BCUT2D eigenvalue weighted by Crippen LogP contribution is 2.27. The predicted molar refractivity (Wildman–Crippen MR) is 87.6 cm³/mol. The molecule has 0 radical (unpaired) electrons. The molecule has 9 heteroatoms. The van der Waals surface area contributed by atoms with Crippen LogP contribution in [0.3, 0.4) is 0 Å². The van der Waals surface area contributed by atoms with Crippen LogP contribution in [0.4, 0.5) is 4.79 Å². The lowest BCUT2D eigenvalue weighted by Crippen LogP contribution is -2.16. The van der Waals surface area contributed by atoms with Gasteiger partial charge in [-0.3, -0.25) is 0 Å². The van der Waals surface area contributed by atoms with Crippen molar-refractivity contribution in [2.45, 2.75) is 14.7 Å². The lowest BCUT2D eigenvalue weighted by Gasteiger charge is -2.11. The van der Waals surface area contributed by atoms with Crippen LogP contribution >= 0.6 is 11.6 Å². The van der Waals surface area contributed by atoms with Crippen LogP contribution in [-0.2, 0) is 24.4 Å². The number of hydrogen-bond acceptors (Lipinski definition) is 6. The Morgan fingerprint density at radius 1 is 0.875 bits per heavy atom. The summed E-state index contributed by atoms with van der Waals surface area (Å²) in [7, 11) is -8.00. The number of hydrogen-bond donors (Lipinski definition) is 0. The second-order valence-electron chi connectivity index (χ2n) is 4.67. The maximum atomic E-state index is 12.7. The molecule has 0 unspecified atom stereocenters. The Labute approximate surface area is 144 Å². The van der Waals surface area contributed by atoms with Crippen LogP contribution in [0, 0.1) is 0 Å². The van der Waals surface area contributed by atoms with Gasteiger partial charge in [-0.1, -0.05) is 30.3 Å². The van der Waals surface area contributed by atoms with Gasteiger partial charge >= 0.3 is 5.43 Å². The molecule has 2 aromatic rings. The summed E-state index contributed by atoms with van der Waals surface area (Å²) < 4.78 is 54.7. The molecule has 0 fully saturated rings. The van der Waals surface area contributed by atoms with Crippen LogP contribution in [0.5, 0.6) is 0 Å². The van der Waals surface area contributed by atoms with Crippen LogP contribution in [0.2, 0.25) is 0 Å². The van der Waals surface area contributed by atoms with Gasteiger partial charge < -0.3 is 4.74 Å². The summed E-state index contributed by atoms with van der Waals surface area (Å²) in [5, 5.41) is 0. The zero-order chi connectivity index (χ0) is 17.8. The molecular weight excluding hydrogens is 376 g/mol. The molecule has 0 atom stereocenters. The number of carbonyl (C=O) groups is 1. The van der Waals surface area contributed by atoms with Crippen molar-refractivity contribution >= 4 is 36.7 Å². The predicted octanol–water partition coefficient (Wildman–Crippen LogP) is 2.67. The third-order valence-corrected chi connectivity index (χ3v) is 6.89. The molecule has 0 aromatic heterocycles. The van der Waals surface area contributed by atoms with Gasteiger partial charge in [0.15, 0.2) is 9.84 Å². The summed E-state index contributed by atoms with van der Waals surface area (Å²) in [5.41, 5.74) is -1.13. The molecule has 2 rings (SSSR count). The number of benzene rings is 2. The fourth-order valence-electron chi connectivity index (χ4n) is 2.00. The second kappa shape index (κ2) is 7.33. The fraction of sp³-hybridized carbons (Fsp3) is 0.133. The molecule has 2 aromatic carbocycles. The number of rotatable bonds is 6. The smallest absolute Gasteiger partial charge is 0.403 e. The Balaban J connectivity index is 2.46. The van der Waals surface area contributed by atoms with E-state index in [1.54, 1.807) is 18.2 Å². The summed E-state index contributed by atoms with van der Waals surface area (Å²) in [4.78, 5) is 9.84. The molecule has 6 nitrogen and oxygen atoms in total. The van der Waals surface area contributed by atoms with Crippen LogP contribution in [0.25, 0.3) is 0 Å². The summed E-state index contributed by atoms with van der Waals surface area (Å²) >= 11 is 4.98. The summed E-state index contributed by atoms with van der Waals surface area (Å²) in [5.74, 6) is -0.577. The van der Waals surface area contributed by atoms with Gasteiger partial charge in [0.2, 0.25) is 9.84 Å². The van der Waals surface area contributed by atoms with Gasteiger partial charge in [-0.25, -0.2) is 21.6 Å². The van der Waals surface area contributed by atoms with Gasteiger partial charge in [0.1, 0.15) is 6.61 Å². The van der Waals surface area contributed by atoms with E-state index in [0.717, 1.165) is 0 Å². The molecule has 128 valence electrons. The van der Waals surface area contributed by atoms with Crippen molar-refractivity contribution in [2.24, 2.45) is 0 Å². The zero-order valence-electron chi connectivity index (χ0n) is 12.3. The van der Waals surface area contributed by atoms with Gasteiger partial charge in [0.25, 0.3) is 0 Å². The van der Waals surface area contributed by atoms with Crippen molar-refractivity contribution in [1.29, 1.82) is 0 Å². The van der Waals surface area contributed by atoms with Crippen LogP contribution in [-0.4, -0.2) is 34.6 Å². The lowest BCUT2D eigenvalue weighted by molar-refractivity contribution is 0.180. The Hall–Kier alpha value is -1.90. The van der Waals surface area contributed by atoms with Gasteiger partial charge in [-0.15, -0.1) is 0 Å². The highest BCUT2D eigenvalue weighted by molar-refractivity contribution is 7.94. The minimum atomic E-state index is -4.01. The van der Waals surface area contributed by atoms with E-state index in [0.29, 0.717) is 0 Å². The molecule has 0 aliphatic rings. The topological polar surface area (TPSA) is 94.6 Å². The SMILES string of the molecule is O=C(Cl)OCCS(=O)(=O)c1ccccc1S(=O)(=O)c1ccccc1. The van der Waals surface area contributed by atoms with Crippen molar-refractivity contribution in [3.8, 4) is 0 Å². The Morgan fingerprint density at radius 2 is 1.42 bits per heavy atom. The first kappa shape index (κ1) is 18.4. The van der Waals surface area contributed by atoms with Crippen LogP contribution < -0.4 is 0 Å². The average molecular weight is 389 g/mol. The quantitative estimate of drug-likeness (QED) is 0.706. The number of halogens is 1. The summed E-state index contributed by atoms with van der Waals surface area (Å²) in [6, 6.07) is 12.8. The first-order valence-corrected chi connectivity index (χ1v) is 10.2. The van der Waals surface area contributed by atoms with Gasteiger partial charge in [-0.2, -0.15) is 0 Å². The van der Waals surface area contributed by atoms with E-state index in [4.69, 9.17) is 11.6 Å². The van der Waals surface area contributed by atoms with Crippen molar-refractivity contribution in [1.82, 2.24) is 0 Å². The van der Waals surface area contributed by atoms with Crippen molar-refractivity contribution in [3.63, 3.8) is 0 Å². The molecule has 0 amide bonds. The molecule has 0 saturated heterocycles. The molecule has 0 heterocycles. The van der Waals surface area contributed by atoms with E-state index in [1.807, 2.05) is 0 Å². The highest BCUT2D eigenvalue weighted by Gasteiger charge is 2.27. The molecule has 0 aliphatic carbocycles. The Morgan fingerprint density at radius 3 is 2.00 bits per heavy atom. The molecule has 24 heavy (non-hydrogen) atoms. The van der Waals surface area contributed by atoms with Crippen molar-refractivity contribution in [3.05, 3.63) is 54.6 Å². The van der Waals surface area contributed by atoms with Crippen molar-refractivity contribution < 1.29 is 26.4 Å². The first-order chi connectivity index (χ1) is 11.2. The standard InChI is InChI=1S/C15H13ClO6S2/c16-15(17)22-10-11-23(18,19)13-8-4-5-9-14(13)24(20,21)12-6-2-1-3-7-12/h1-9H,10-11H2. The van der Waals surface area contributed by atoms with Gasteiger partial charge in [0.05, 0.1) is 20.4 Å². The van der Waals surface area contributed by atoms with E-state index in [2.05, 4.69) is 4.74 Å². The van der Waals surface area contributed by atoms with E-state index in [9.17, 15) is 21.6 Å². The minimum Gasteiger partial charge on any atom is -0.453 e. The third-order valence-electron chi connectivity index (χ3n) is 3.09. The molecule has 0 saturated carbocycles. The average Bonchev–Trinajstić information content (AvgIpc) is 2.55. The normalized spacial score (nSPS) is 11.9. The molecule has 0 N–H and O–H groups in total. The fourth-order valence-corrected chi connectivity index (χ4v) is 5.33. The maximum absolute atomic E-state index is 12.7. The van der Waals surface area contributed by atoms with Crippen LogP contribution in [0.15, 0.2) is 69.3 Å². The number of carbonyl (C=O) groups excluding carboxylic acids is 1. The Kier molecular flexibility index (Phi) is 5.63. The van der Waals surface area contributed by atoms with Gasteiger partial charge in [0, 0.05) is 11.6 Å². The van der Waals surface area contributed by atoms with E-state index >= 15 is 0 Å². The first-order valence-electron chi connectivity index (χ1n) is 6.69. The highest BCUT2D eigenvalue weighted by atomic mass is 35.5. The summed E-state index contributed by atoms with van der Waals surface area (Å²) in [6.07, 6.45) is 0. The Bertz CT molecular complexity index is 937. The third kappa shape index (κ3) is 4.14. The van der Waals surface area contributed by atoms with Crippen LogP contribution in [0.1, 0.15) is 0 Å². The minimum absolute atomic E-state index is 0.0140. The molecule has 0 bridgehead atoms. The summed E-state index contributed by atoms with van der Waals surface area (Å²) in [6.45, 7) is -0.468. The largest absolute Gasteiger partial charge is 0.453 e. The van der Waals surface area contributed by atoms with E-state index in [-0.39, 0.29) is 14.7 Å². The number of ether oxygens (including phenoxy) is 1. The molecule has 0 aliphatic heterocycles. The monoisotopic (exact) mass is 388 g/mol. The van der Waals surface area contributed by atoms with Gasteiger partial charge in [-0.05, 0) is 24.3 Å². The molecule has 0 spiro atoms. The van der Waals surface area contributed by atoms with E-state index < -0.39 is 37.5 Å². The zero-order valence-corrected chi connectivity index (χ0v) is 14.6. The van der Waals surface area contributed by atoms with Crippen molar-refractivity contribution in [2.75, 3.05) is 12.4 Å². The van der Waals surface area contributed by atoms with E-state index in [1.165, 1.54) is 36.4 Å². The maximum Gasteiger partial charge on any atom is 0.403 e.